The molecule has 0 saturated heterocycles. The van der Waals surface area contributed by atoms with Crippen LogP contribution in [0.1, 0.15) is 10.4 Å². The number of rotatable bonds is 3. The van der Waals surface area contributed by atoms with E-state index in [2.05, 4.69) is 26.2 Å². The van der Waals surface area contributed by atoms with Crippen LogP contribution in [0, 0.1) is 0 Å². The van der Waals surface area contributed by atoms with Crippen molar-refractivity contribution >= 4 is 45.0 Å². The number of aromatic nitrogens is 1. The van der Waals surface area contributed by atoms with Crippen LogP contribution in [0.15, 0.2) is 41.0 Å². The van der Waals surface area contributed by atoms with E-state index in [1.54, 1.807) is 0 Å². The molecule has 4 nitrogen and oxygen atoms in total. The third-order valence-electron chi connectivity index (χ3n) is 2.20. The van der Waals surface area contributed by atoms with Gasteiger partial charge in [0.05, 0.1) is 10.6 Å². The lowest BCUT2D eigenvalue weighted by Crippen LogP contribution is -2.01. The van der Waals surface area contributed by atoms with E-state index in [1.165, 1.54) is 12.3 Å². The summed E-state index contributed by atoms with van der Waals surface area (Å²) in [6, 6.07) is 8.83. The van der Waals surface area contributed by atoms with Crippen molar-refractivity contribution in [2.75, 3.05) is 5.32 Å². The van der Waals surface area contributed by atoms with Crippen molar-refractivity contribution < 1.29 is 9.90 Å². The summed E-state index contributed by atoms with van der Waals surface area (Å²) in [4.78, 5) is 14.9. The van der Waals surface area contributed by atoms with Gasteiger partial charge in [-0.25, -0.2) is 9.78 Å². The average molecular weight is 328 g/mol. The van der Waals surface area contributed by atoms with E-state index >= 15 is 0 Å². The number of carboxylic acids is 1. The van der Waals surface area contributed by atoms with E-state index in [9.17, 15) is 4.79 Å². The van der Waals surface area contributed by atoms with Crippen LogP contribution in [0.2, 0.25) is 5.02 Å². The quantitative estimate of drug-likeness (QED) is 0.896. The fourth-order valence-electron chi connectivity index (χ4n) is 1.35. The Balaban J connectivity index is 2.27. The van der Waals surface area contributed by atoms with Crippen molar-refractivity contribution in [3.05, 3.63) is 51.6 Å². The molecule has 0 unspecified atom stereocenters. The second-order valence-electron chi connectivity index (χ2n) is 3.49. The molecule has 2 aromatic rings. The number of anilines is 2. The lowest BCUT2D eigenvalue weighted by atomic mass is 10.2. The summed E-state index contributed by atoms with van der Waals surface area (Å²) < 4.78 is 0.961. The highest BCUT2D eigenvalue weighted by molar-refractivity contribution is 9.10. The molecule has 2 N–H and O–H groups in total. The van der Waals surface area contributed by atoms with Gasteiger partial charge in [-0.2, -0.15) is 0 Å². The molecule has 0 aliphatic carbocycles. The van der Waals surface area contributed by atoms with E-state index in [0.717, 1.165) is 10.2 Å². The zero-order valence-electron chi connectivity index (χ0n) is 9.02. The van der Waals surface area contributed by atoms with E-state index in [4.69, 9.17) is 16.7 Å². The molecule has 1 aromatic carbocycles. The van der Waals surface area contributed by atoms with Gasteiger partial charge >= 0.3 is 5.97 Å². The number of hydrogen-bond donors (Lipinski definition) is 2. The first-order valence-corrected chi connectivity index (χ1v) is 6.15. The molecule has 0 bridgehead atoms. The van der Waals surface area contributed by atoms with Gasteiger partial charge in [0.2, 0.25) is 0 Å². The fraction of sp³-hybridized carbons (Fsp3) is 0. The monoisotopic (exact) mass is 326 g/mol. The van der Waals surface area contributed by atoms with Crippen molar-refractivity contribution in [1.82, 2.24) is 4.98 Å². The molecule has 18 heavy (non-hydrogen) atoms. The summed E-state index contributed by atoms with van der Waals surface area (Å²) in [6.45, 7) is 0. The van der Waals surface area contributed by atoms with Gasteiger partial charge in [0.1, 0.15) is 5.82 Å². The standard InChI is InChI=1S/C12H8BrClN2O2/c13-7-1-3-8(4-2-7)16-11-5-9(12(17)18)10(14)6-15-11/h1-6H,(H,15,16)(H,17,18). The number of carbonyl (C=O) groups is 1. The number of pyridine rings is 1. The summed E-state index contributed by atoms with van der Waals surface area (Å²) in [6.07, 6.45) is 1.31. The number of carboxylic acid groups (broad SMARTS) is 1. The van der Waals surface area contributed by atoms with Gasteiger partial charge in [-0.1, -0.05) is 27.5 Å². The first-order chi connectivity index (χ1) is 8.56. The van der Waals surface area contributed by atoms with Crippen LogP contribution < -0.4 is 5.32 Å². The molecular formula is C12H8BrClN2O2. The van der Waals surface area contributed by atoms with Crippen LogP contribution in [0.3, 0.4) is 0 Å². The van der Waals surface area contributed by atoms with Gasteiger partial charge in [-0.3, -0.25) is 0 Å². The third kappa shape index (κ3) is 3.00. The lowest BCUT2D eigenvalue weighted by molar-refractivity contribution is 0.0697. The smallest absolute Gasteiger partial charge is 0.337 e. The first-order valence-electron chi connectivity index (χ1n) is 4.97. The summed E-state index contributed by atoms with van der Waals surface area (Å²) >= 11 is 9.07. The topological polar surface area (TPSA) is 62.2 Å². The average Bonchev–Trinajstić information content (AvgIpc) is 2.34. The van der Waals surface area contributed by atoms with Crippen LogP contribution in [0.4, 0.5) is 11.5 Å². The Bertz CT molecular complexity index is 587. The minimum Gasteiger partial charge on any atom is -0.478 e. The predicted octanol–water partition coefficient (Wildman–Crippen LogP) is 3.94. The second kappa shape index (κ2) is 5.37. The van der Waals surface area contributed by atoms with Gasteiger partial charge in [0.25, 0.3) is 0 Å². The molecule has 0 fully saturated rings. The molecule has 2 rings (SSSR count). The molecular weight excluding hydrogens is 320 g/mol. The Morgan fingerprint density at radius 2 is 2.00 bits per heavy atom. The summed E-state index contributed by atoms with van der Waals surface area (Å²) in [7, 11) is 0. The maximum Gasteiger partial charge on any atom is 0.337 e. The van der Waals surface area contributed by atoms with E-state index in [0.29, 0.717) is 5.82 Å². The second-order valence-corrected chi connectivity index (χ2v) is 4.81. The van der Waals surface area contributed by atoms with Gasteiger partial charge < -0.3 is 10.4 Å². The molecule has 6 heteroatoms. The van der Waals surface area contributed by atoms with Crippen molar-refractivity contribution in [3.8, 4) is 0 Å². The van der Waals surface area contributed by atoms with Crippen molar-refractivity contribution in [2.45, 2.75) is 0 Å². The number of halogens is 2. The Morgan fingerprint density at radius 1 is 1.33 bits per heavy atom. The number of hydrogen-bond acceptors (Lipinski definition) is 3. The molecule has 0 spiro atoms. The Kier molecular flexibility index (Phi) is 3.84. The molecule has 0 atom stereocenters. The molecule has 0 aliphatic rings. The zero-order chi connectivity index (χ0) is 13.1. The molecule has 0 aliphatic heterocycles. The SMILES string of the molecule is O=C(O)c1cc(Nc2ccc(Br)cc2)ncc1Cl. The number of nitrogens with zero attached hydrogens (tertiary/aromatic N) is 1. The number of aromatic carboxylic acids is 1. The van der Waals surface area contributed by atoms with Crippen LogP contribution in [0.5, 0.6) is 0 Å². The summed E-state index contributed by atoms with van der Waals surface area (Å²) in [5.41, 5.74) is 0.829. The molecule has 0 amide bonds. The summed E-state index contributed by atoms with van der Waals surface area (Å²) in [5, 5.41) is 12.1. The highest BCUT2D eigenvalue weighted by Gasteiger charge is 2.10. The third-order valence-corrected chi connectivity index (χ3v) is 3.03. The number of nitrogens with one attached hydrogen (secondary N) is 1. The highest BCUT2D eigenvalue weighted by atomic mass is 79.9. The fourth-order valence-corrected chi connectivity index (χ4v) is 1.80. The van der Waals surface area contributed by atoms with Gasteiger partial charge in [-0.05, 0) is 30.3 Å². The molecule has 1 aromatic heterocycles. The van der Waals surface area contributed by atoms with Crippen LogP contribution in [-0.2, 0) is 0 Å². The largest absolute Gasteiger partial charge is 0.478 e. The molecule has 92 valence electrons. The van der Waals surface area contributed by atoms with E-state index in [-0.39, 0.29) is 10.6 Å². The molecule has 0 saturated carbocycles. The maximum atomic E-state index is 10.9. The van der Waals surface area contributed by atoms with E-state index < -0.39 is 5.97 Å². The van der Waals surface area contributed by atoms with Crippen LogP contribution >= 0.6 is 27.5 Å². The maximum absolute atomic E-state index is 10.9. The van der Waals surface area contributed by atoms with Crippen LogP contribution in [0.25, 0.3) is 0 Å². The molecule has 1 heterocycles. The predicted molar refractivity (Wildman–Crippen MR) is 73.6 cm³/mol. The van der Waals surface area contributed by atoms with Gasteiger partial charge in [0.15, 0.2) is 0 Å². The number of benzene rings is 1. The normalized spacial score (nSPS) is 10.1. The first kappa shape index (κ1) is 12.9. The Morgan fingerprint density at radius 3 is 2.61 bits per heavy atom. The van der Waals surface area contributed by atoms with Crippen molar-refractivity contribution in [3.63, 3.8) is 0 Å². The van der Waals surface area contributed by atoms with E-state index in [1.807, 2.05) is 24.3 Å². The minimum atomic E-state index is -1.08. The Hall–Kier alpha value is -1.59. The Labute approximate surface area is 117 Å². The highest BCUT2D eigenvalue weighted by Crippen LogP contribution is 2.22. The van der Waals surface area contributed by atoms with Crippen molar-refractivity contribution in [2.24, 2.45) is 0 Å². The van der Waals surface area contributed by atoms with Gasteiger partial charge in [0, 0.05) is 16.4 Å². The molecule has 0 radical (unpaired) electrons. The lowest BCUT2D eigenvalue weighted by Gasteiger charge is -2.07. The van der Waals surface area contributed by atoms with Crippen LogP contribution in [-0.4, -0.2) is 16.1 Å². The zero-order valence-corrected chi connectivity index (χ0v) is 11.4. The van der Waals surface area contributed by atoms with Gasteiger partial charge in [-0.15, -0.1) is 0 Å². The van der Waals surface area contributed by atoms with Crippen molar-refractivity contribution in [1.29, 1.82) is 0 Å². The summed E-state index contributed by atoms with van der Waals surface area (Å²) in [5.74, 6) is -0.652. The minimum absolute atomic E-state index is 0.0197.